The molecule has 0 N–H and O–H groups in total. The first kappa shape index (κ1) is 41.1. The third-order valence-electron chi connectivity index (χ3n) is 12.5. The van der Waals surface area contributed by atoms with Gasteiger partial charge in [-0.05, 0) is 117 Å². The normalized spacial score (nSPS) is 11.3. The van der Waals surface area contributed by atoms with Crippen molar-refractivity contribution in [1.29, 1.82) is 0 Å². The summed E-state index contributed by atoms with van der Waals surface area (Å²) in [7, 11) is -2.91. The van der Waals surface area contributed by atoms with E-state index in [0.29, 0.717) is 6.61 Å². The number of allylic oxidation sites excluding steroid dienone is 1. The maximum Gasteiger partial charge on any atom is 0.179 e. The molecule has 4 heteroatoms. The maximum absolute atomic E-state index is 6.12. The minimum atomic E-state index is -2.91. The van der Waals surface area contributed by atoms with Crippen LogP contribution in [0, 0.1) is 0 Å². The summed E-state index contributed by atoms with van der Waals surface area (Å²) in [6.07, 6.45) is 3.82. The number of fused-ring (bicyclic) bond motifs is 2. The van der Waals surface area contributed by atoms with Crippen LogP contribution in [0.25, 0.3) is 21.5 Å². The second kappa shape index (κ2) is 18.8. The highest BCUT2D eigenvalue weighted by Crippen LogP contribution is 2.40. The zero-order valence-corrected chi connectivity index (χ0v) is 37.4. The summed E-state index contributed by atoms with van der Waals surface area (Å²) in [5.74, 6) is 0.863. The number of ether oxygens (including phenoxy) is 1. The van der Waals surface area contributed by atoms with Gasteiger partial charge in [0, 0.05) is 33.5 Å². The van der Waals surface area contributed by atoms with Crippen LogP contribution in [0.15, 0.2) is 261 Å². The van der Waals surface area contributed by atoms with Crippen molar-refractivity contribution in [3.05, 3.63) is 261 Å². The van der Waals surface area contributed by atoms with Crippen molar-refractivity contribution in [3.8, 4) is 5.75 Å². The van der Waals surface area contributed by atoms with E-state index in [4.69, 9.17) is 4.74 Å². The molecule has 0 fully saturated rings. The third kappa shape index (κ3) is 8.12. The quantitative estimate of drug-likeness (QED) is 0.0442. The summed E-state index contributed by atoms with van der Waals surface area (Å²) in [5.41, 5.74) is 6.63. The number of hydrogen-bond acceptors (Lipinski definition) is 3. The molecule has 0 bridgehead atoms. The van der Waals surface area contributed by atoms with E-state index in [1.165, 1.54) is 42.3 Å². The fraction of sp³-hybridized carbons (Fsp3) is 0.0492. The first-order valence-electron chi connectivity index (χ1n) is 22.5. The lowest BCUT2D eigenvalue weighted by molar-refractivity contribution is 0.312. The number of rotatable bonds is 15. The second-order valence-corrected chi connectivity index (χ2v) is 20.2. The van der Waals surface area contributed by atoms with Gasteiger partial charge in [-0.1, -0.05) is 182 Å². The Labute approximate surface area is 383 Å². The number of hydrogen-bond donors (Lipinski definition) is 0. The van der Waals surface area contributed by atoms with Crippen molar-refractivity contribution in [2.75, 3.05) is 16.4 Å². The van der Waals surface area contributed by atoms with E-state index < -0.39 is 8.07 Å². The molecule has 3 nitrogen and oxygen atoms in total. The van der Waals surface area contributed by atoms with Crippen molar-refractivity contribution in [3.63, 3.8) is 0 Å². The molecule has 0 atom stereocenters. The zero-order valence-electron chi connectivity index (χ0n) is 36.4. The summed E-state index contributed by atoms with van der Waals surface area (Å²) >= 11 is 0. The molecule has 10 aromatic carbocycles. The average molecular weight is 855 g/mol. The molecule has 10 aromatic rings. The molecule has 0 spiro atoms. The molecule has 0 aliphatic heterocycles. The van der Waals surface area contributed by atoms with Crippen molar-refractivity contribution < 1.29 is 4.74 Å². The van der Waals surface area contributed by atoms with E-state index in [1.54, 1.807) is 0 Å². The predicted octanol–water partition coefficient (Wildman–Crippen LogP) is 13.7. The van der Waals surface area contributed by atoms with E-state index in [1.807, 2.05) is 6.08 Å². The van der Waals surface area contributed by atoms with Crippen molar-refractivity contribution in [2.45, 2.75) is 12.8 Å². The molecule has 314 valence electrons. The Morgan fingerprint density at radius 1 is 0.369 bits per heavy atom. The lowest BCUT2D eigenvalue weighted by atomic mass is 10.1. The van der Waals surface area contributed by atoms with Crippen LogP contribution >= 0.6 is 0 Å². The zero-order chi connectivity index (χ0) is 43.8. The van der Waals surface area contributed by atoms with E-state index >= 15 is 0 Å². The summed E-state index contributed by atoms with van der Waals surface area (Å²) in [6, 6.07) is 90.8. The van der Waals surface area contributed by atoms with Crippen molar-refractivity contribution in [1.82, 2.24) is 0 Å². The summed E-state index contributed by atoms with van der Waals surface area (Å²) in [6.45, 7) is 4.51. The smallest absolute Gasteiger partial charge is 0.179 e. The third-order valence-corrected chi connectivity index (χ3v) is 17.3. The minimum absolute atomic E-state index is 0.659. The van der Waals surface area contributed by atoms with E-state index in [0.717, 1.165) is 52.7 Å². The monoisotopic (exact) mass is 854 g/mol. The van der Waals surface area contributed by atoms with Crippen LogP contribution < -0.4 is 35.3 Å². The van der Waals surface area contributed by atoms with Gasteiger partial charge in [-0.25, -0.2) is 0 Å². The number of anilines is 6. The van der Waals surface area contributed by atoms with Gasteiger partial charge in [0.15, 0.2) is 8.07 Å². The molecule has 10 rings (SSSR count). The van der Waals surface area contributed by atoms with Crippen LogP contribution in [-0.4, -0.2) is 14.7 Å². The van der Waals surface area contributed by atoms with Gasteiger partial charge < -0.3 is 14.5 Å². The van der Waals surface area contributed by atoms with Crippen LogP contribution in [0.5, 0.6) is 5.75 Å². The number of benzene rings is 10. The maximum atomic E-state index is 6.12. The molecule has 0 aliphatic rings. The van der Waals surface area contributed by atoms with E-state index in [-0.39, 0.29) is 0 Å². The highest BCUT2D eigenvalue weighted by atomic mass is 28.3. The summed E-state index contributed by atoms with van der Waals surface area (Å²) in [5, 5.41) is 10.1. The van der Waals surface area contributed by atoms with Gasteiger partial charge in [0.25, 0.3) is 0 Å². The van der Waals surface area contributed by atoms with Gasteiger partial charge in [0.05, 0.1) is 18.0 Å². The molecule has 0 amide bonds. The number of para-hydroxylation sites is 1. The van der Waals surface area contributed by atoms with Crippen molar-refractivity contribution in [2.24, 2.45) is 0 Å². The second-order valence-electron chi connectivity index (χ2n) is 16.4. The standard InChI is InChI=1S/C61H50N2OSi/c1-2-3-17-46-64-53-40-34-50(35-41-53)63(61-33-19-23-48-21-14-16-31-59(48)61)52-38-44-57(45-39-52)65(54-26-9-5-10-27-54,55-28-11-6-12-29-55)56-42-36-51(37-43-56)62(49-24-7-4-8-25-49)60-32-18-22-47-20-13-15-30-58(47)60/h2,4-16,18-45H,1,3,17,46H2. The van der Waals surface area contributed by atoms with Crippen LogP contribution in [0.2, 0.25) is 0 Å². The van der Waals surface area contributed by atoms with Gasteiger partial charge in [-0.15, -0.1) is 6.58 Å². The average Bonchev–Trinajstić information content (AvgIpc) is 3.38. The van der Waals surface area contributed by atoms with Crippen LogP contribution in [0.3, 0.4) is 0 Å². The molecular formula is C61H50N2OSi. The molecule has 0 saturated heterocycles. The van der Waals surface area contributed by atoms with Gasteiger partial charge in [0.1, 0.15) is 5.75 Å². The van der Waals surface area contributed by atoms with Crippen molar-refractivity contribution >= 4 is 84.5 Å². The summed E-state index contributed by atoms with van der Waals surface area (Å²) < 4.78 is 6.12. The van der Waals surface area contributed by atoms with Crippen LogP contribution in [-0.2, 0) is 0 Å². The highest BCUT2D eigenvalue weighted by molar-refractivity contribution is 7.19. The molecule has 65 heavy (non-hydrogen) atoms. The Balaban J connectivity index is 1.12. The van der Waals surface area contributed by atoms with Gasteiger partial charge in [-0.2, -0.15) is 0 Å². The molecule has 0 unspecified atom stereocenters. The molecule has 0 aliphatic carbocycles. The van der Waals surface area contributed by atoms with Gasteiger partial charge >= 0.3 is 0 Å². The molecule has 0 aromatic heterocycles. The summed E-state index contributed by atoms with van der Waals surface area (Å²) in [4.78, 5) is 4.76. The Bertz CT molecular complexity index is 3100. The molecule has 0 heterocycles. The SMILES string of the molecule is C=CCCCOc1ccc(N(c2ccc([Si](c3ccccc3)(c3ccccc3)c3ccc(N(c4ccccc4)c4cccc5ccccc45)cc3)cc2)c2cccc3ccccc23)cc1. The predicted molar refractivity (Wildman–Crippen MR) is 279 cm³/mol. The highest BCUT2D eigenvalue weighted by Gasteiger charge is 2.41. The van der Waals surface area contributed by atoms with Gasteiger partial charge in [-0.3, -0.25) is 0 Å². The fourth-order valence-corrected chi connectivity index (χ4v) is 14.2. The lowest BCUT2D eigenvalue weighted by Gasteiger charge is -2.35. The number of unbranched alkanes of at least 4 members (excludes halogenated alkanes) is 1. The minimum Gasteiger partial charge on any atom is -0.494 e. The van der Waals surface area contributed by atoms with E-state index in [2.05, 4.69) is 265 Å². The lowest BCUT2D eigenvalue weighted by Crippen LogP contribution is -2.74. The topological polar surface area (TPSA) is 15.7 Å². The number of nitrogens with zero attached hydrogens (tertiary/aromatic N) is 2. The largest absolute Gasteiger partial charge is 0.494 e. The van der Waals surface area contributed by atoms with E-state index in [9.17, 15) is 0 Å². The molecule has 0 radical (unpaired) electrons. The Kier molecular flexibility index (Phi) is 11.9. The van der Waals surface area contributed by atoms with Gasteiger partial charge in [0.2, 0.25) is 0 Å². The van der Waals surface area contributed by atoms with Crippen LogP contribution in [0.1, 0.15) is 12.8 Å². The first-order chi connectivity index (χ1) is 32.2. The Morgan fingerprint density at radius 2 is 0.738 bits per heavy atom. The van der Waals surface area contributed by atoms with Crippen LogP contribution in [0.4, 0.5) is 34.1 Å². The molecular weight excluding hydrogens is 805 g/mol. The Morgan fingerprint density at radius 3 is 1.20 bits per heavy atom. The fourth-order valence-electron chi connectivity index (χ4n) is 9.44. The first-order valence-corrected chi connectivity index (χ1v) is 24.5. The Hall–Kier alpha value is -7.92. The molecule has 0 saturated carbocycles.